The number of carboxylic acids is 1. The van der Waals surface area contributed by atoms with Gasteiger partial charge in [-0.05, 0) is 19.3 Å². The Morgan fingerprint density at radius 1 is 1.43 bits per heavy atom. The van der Waals surface area contributed by atoms with Crippen LogP contribution in [-0.2, 0) is 9.59 Å². The first-order valence-corrected chi connectivity index (χ1v) is 4.66. The van der Waals surface area contributed by atoms with Crippen molar-refractivity contribution in [2.45, 2.75) is 24.8 Å². The van der Waals surface area contributed by atoms with Gasteiger partial charge in [0.05, 0.1) is 6.54 Å². The van der Waals surface area contributed by atoms with Crippen molar-refractivity contribution >= 4 is 11.9 Å². The number of nitrogens with one attached hydrogen (secondary N) is 1. The Balaban J connectivity index is 2.43. The molecule has 0 aromatic rings. The predicted molar refractivity (Wildman–Crippen MR) is 50.9 cm³/mol. The average molecular weight is 200 g/mol. The quantitative estimate of drug-likeness (QED) is 0.652. The normalized spacial score (nSPS) is 18.4. The molecule has 1 amide bonds. The first-order valence-electron chi connectivity index (χ1n) is 4.66. The van der Waals surface area contributed by atoms with Crippen LogP contribution in [0.1, 0.15) is 19.3 Å². The summed E-state index contributed by atoms with van der Waals surface area (Å²) in [6.45, 7) is 0.0965. The Bertz CT molecular complexity index is 246. The van der Waals surface area contributed by atoms with Crippen LogP contribution in [0.2, 0.25) is 0 Å². The van der Waals surface area contributed by atoms with Gasteiger partial charge in [0.2, 0.25) is 5.91 Å². The molecule has 1 aliphatic carbocycles. The van der Waals surface area contributed by atoms with E-state index >= 15 is 0 Å². The van der Waals surface area contributed by atoms with E-state index in [2.05, 4.69) is 5.32 Å². The molecule has 0 aromatic heterocycles. The van der Waals surface area contributed by atoms with Crippen molar-refractivity contribution in [2.24, 2.45) is 0 Å². The molecule has 5 heteroatoms. The molecule has 0 heterocycles. The molecule has 1 rings (SSSR count). The number of rotatable bonds is 4. The second kappa shape index (κ2) is 3.96. The zero-order chi connectivity index (χ0) is 10.8. The number of aliphatic carboxylic acids is 1. The van der Waals surface area contributed by atoms with Crippen LogP contribution in [0.25, 0.3) is 0 Å². The molecule has 0 atom stereocenters. The van der Waals surface area contributed by atoms with Gasteiger partial charge in [0.25, 0.3) is 0 Å². The Morgan fingerprint density at radius 3 is 2.29 bits per heavy atom. The summed E-state index contributed by atoms with van der Waals surface area (Å²) in [6, 6.07) is 0. The fourth-order valence-corrected chi connectivity index (χ4v) is 1.40. The van der Waals surface area contributed by atoms with E-state index in [0.717, 1.165) is 6.42 Å². The lowest BCUT2D eigenvalue weighted by molar-refractivity contribution is -0.149. The zero-order valence-corrected chi connectivity index (χ0v) is 8.54. The summed E-state index contributed by atoms with van der Waals surface area (Å²) < 4.78 is 0. The molecular formula is C9H16N2O3. The summed E-state index contributed by atoms with van der Waals surface area (Å²) in [5.41, 5.74) is -0.842. The van der Waals surface area contributed by atoms with Crippen molar-refractivity contribution in [3.63, 3.8) is 0 Å². The largest absolute Gasteiger partial charge is 0.480 e. The van der Waals surface area contributed by atoms with E-state index in [4.69, 9.17) is 5.11 Å². The first kappa shape index (κ1) is 11.0. The topological polar surface area (TPSA) is 69.6 Å². The molecule has 2 N–H and O–H groups in total. The van der Waals surface area contributed by atoms with Crippen LogP contribution in [0.3, 0.4) is 0 Å². The molecule has 1 fully saturated rings. The summed E-state index contributed by atoms with van der Waals surface area (Å²) in [7, 11) is 3.30. The monoisotopic (exact) mass is 200 g/mol. The van der Waals surface area contributed by atoms with Gasteiger partial charge in [-0.1, -0.05) is 0 Å². The van der Waals surface area contributed by atoms with Gasteiger partial charge in [-0.15, -0.1) is 0 Å². The lowest BCUT2D eigenvalue weighted by Crippen LogP contribution is -2.59. The van der Waals surface area contributed by atoms with E-state index in [1.54, 1.807) is 14.1 Å². The Morgan fingerprint density at radius 2 is 2.00 bits per heavy atom. The third-order valence-corrected chi connectivity index (χ3v) is 2.69. The van der Waals surface area contributed by atoms with Crippen LogP contribution < -0.4 is 5.32 Å². The number of amides is 1. The lowest BCUT2D eigenvalue weighted by atomic mass is 9.77. The van der Waals surface area contributed by atoms with Crippen molar-refractivity contribution < 1.29 is 14.7 Å². The van der Waals surface area contributed by atoms with Crippen molar-refractivity contribution in [1.82, 2.24) is 10.2 Å². The SMILES string of the molecule is CN(C)C(=O)CNC1(C(=O)O)CCC1. The average Bonchev–Trinajstić information content (AvgIpc) is 2.00. The predicted octanol–water partition coefficient (Wildman–Crippen LogP) is -0.328. The summed E-state index contributed by atoms with van der Waals surface area (Å²) in [4.78, 5) is 23.6. The molecule has 14 heavy (non-hydrogen) atoms. The van der Waals surface area contributed by atoms with Crippen LogP contribution in [0, 0.1) is 0 Å². The highest BCUT2D eigenvalue weighted by molar-refractivity contribution is 5.82. The van der Waals surface area contributed by atoms with Crippen LogP contribution in [0.4, 0.5) is 0 Å². The van der Waals surface area contributed by atoms with Crippen molar-refractivity contribution in [3.8, 4) is 0 Å². The molecule has 1 aliphatic rings. The van der Waals surface area contributed by atoms with E-state index < -0.39 is 11.5 Å². The van der Waals surface area contributed by atoms with Crippen LogP contribution in [0.5, 0.6) is 0 Å². The highest BCUT2D eigenvalue weighted by Crippen LogP contribution is 2.31. The smallest absolute Gasteiger partial charge is 0.323 e. The van der Waals surface area contributed by atoms with Crippen molar-refractivity contribution in [2.75, 3.05) is 20.6 Å². The number of likely N-dealkylation sites (N-methyl/N-ethyl adjacent to an activating group) is 1. The van der Waals surface area contributed by atoms with Gasteiger partial charge in [-0.3, -0.25) is 14.9 Å². The lowest BCUT2D eigenvalue weighted by Gasteiger charge is -2.38. The minimum absolute atomic E-state index is 0.0965. The highest BCUT2D eigenvalue weighted by Gasteiger charge is 2.44. The number of carbonyl (C=O) groups is 2. The molecule has 0 saturated heterocycles. The molecule has 0 radical (unpaired) electrons. The van der Waals surface area contributed by atoms with E-state index in [0.29, 0.717) is 12.8 Å². The highest BCUT2D eigenvalue weighted by atomic mass is 16.4. The summed E-state index contributed by atoms with van der Waals surface area (Å²) in [5.74, 6) is -0.951. The molecule has 0 aliphatic heterocycles. The van der Waals surface area contributed by atoms with Gasteiger partial charge in [0.15, 0.2) is 0 Å². The zero-order valence-electron chi connectivity index (χ0n) is 8.54. The molecule has 0 bridgehead atoms. The fraction of sp³-hybridized carbons (Fsp3) is 0.778. The first-order chi connectivity index (χ1) is 6.48. The molecule has 1 saturated carbocycles. The van der Waals surface area contributed by atoms with Gasteiger partial charge in [-0.2, -0.15) is 0 Å². The molecule has 80 valence electrons. The van der Waals surface area contributed by atoms with Crippen LogP contribution in [-0.4, -0.2) is 48.1 Å². The van der Waals surface area contributed by atoms with Gasteiger partial charge in [0, 0.05) is 14.1 Å². The second-order valence-electron chi connectivity index (χ2n) is 3.88. The van der Waals surface area contributed by atoms with E-state index in [1.807, 2.05) is 0 Å². The second-order valence-corrected chi connectivity index (χ2v) is 3.88. The van der Waals surface area contributed by atoms with E-state index in [9.17, 15) is 9.59 Å². The third kappa shape index (κ3) is 2.04. The molecule has 5 nitrogen and oxygen atoms in total. The number of hydrogen-bond donors (Lipinski definition) is 2. The summed E-state index contributed by atoms with van der Waals surface area (Å²) in [6.07, 6.45) is 2.14. The minimum Gasteiger partial charge on any atom is -0.480 e. The summed E-state index contributed by atoms with van der Waals surface area (Å²) in [5, 5.41) is 11.8. The Kier molecular flexibility index (Phi) is 3.10. The number of hydrogen-bond acceptors (Lipinski definition) is 3. The van der Waals surface area contributed by atoms with Crippen LogP contribution in [0.15, 0.2) is 0 Å². The molecule has 0 spiro atoms. The molecule has 0 unspecified atom stereocenters. The molecule has 0 aromatic carbocycles. The number of nitrogens with zero attached hydrogens (tertiary/aromatic N) is 1. The maximum atomic E-state index is 11.2. The van der Waals surface area contributed by atoms with Gasteiger partial charge < -0.3 is 10.0 Å². The van der Waals surface area contributed by atoms with Gasteiger partial charge in [-0.25, -0.2) is 0 Å². The van der Waals surface area contributed by atoms with Gasteiger partial charge in [0.1, 0.15) is 5.54 Å². The Labute approximate surface area is 83.1 Å². The number of carbonyl (C=O) groups excluding carboxylic acids is 1. The fourth-order valence-electron chi connectivity index (χ4n) is 1.40. The number of carboxylic acid groups (broad SMARTS) is 1. The summed E-state index contributed by atoms with van der Waals surface area (Å²) >= 11 is 0. The Hall–Kier alpha value is -1.10. The van der Waals surface area contributed by atoms with Crippen molar-refractivity contribution in [3.05, 3.63) is 0 Å². The maximum Gasteiger partial charge on any atom is 0.323 e. The minimum atomic E-state index is -0.852. The third-order valence-electron chi connectivity index (χ3n) is 2.69. The molecular weight excluding hydrogens is 184 g/mol. The van der Waals surface area contributed by atoms with E-state index in [-0.39, 0.29) is 12.5 Å². The standard InChI is InChI=1S/C9H16N2O3/c1-11(2)7(12)6-10-9(8(13)14)4-3-5-9/h10H,3-6H2,1-2H3,(H,13,14). The maximum absolute atomic E-state index is 11.2. The van der Waals surface area contributed by atoms with E-state index in [1.165, 1.54) is 4.90 Å². The van der Waals surface area contributed by atoms with Crippen molar-refractivity contribution in [1.29, 1.82) is 0 Å². The van der Waals surface area contributed by atoms with Crippen LogP contribution >= 0.6 is 0 Å². The van der Waals surface area contributed by atoms with Gasteiger partial charge >= 0.3 is 5.97 Å².